The molecule has 2 heterocycles. The lowest BCUT2D eigenvalue weighted by atomic mass is 10.3. The number of piperazine rings is 1. The Balaban J connectivity index is 2.14. The fourth-order valence-electron chi connectivity index (χ4n) is 1.43. The van der Waals surface area contributed by atoms with Crippen LogP contribution in [0.3, 0.4) is 0 Å². The highest BCUT2D eigenvalue weighted by atomic mass is 16.2. The topological polar surface area (TPSA) is 65.2 Å². The summed E-state index contributed by atoms with van der Waals surface area (Å²) >= 11 is 0. The Morgan fingerprint density at radius 3 is 3.00 bits per heavy atom. The van der Waals surface area contributed by atoms with Crippen molar-refractivity contribution in [2.75, 3.05) is 19.6 Å². The maximum absolute atomic E-state index is 11.7. The van der Waals surface area contributed by atoms with Crippen LogP contribution < -0.4 is 5.32 Å². The van der Waals surface area contributed by atoms with Gasteiger partial charge in [0.1, 0.15) is 5.69 Å². The first-order valence-corrected chi connectivity index (χ1v) is 4.48. The molecule has 5 nitrogen and oxygen atoms in total. The van der Waals surface area contributed by atoms with Crippen molar-refractivity contribution in [2.45, 2.75) is 0 Å². The van der Waals surface area contributed by atoms with Crippen LogP contribution in [0.2, 0.25) is 0 Å². The first-order valence-electron chi connectivity index (χ1n) is 4.48. The number of carbonyl (C=O) groups is 2. The molecule has 1 aliphatic rings. The van der Waals surface area contributed by atoms with Gasteiger partial charge in [-0.3, -0.25) is 14.5 Å². The number of aromatic nitrogens is 1. The van der Waals surface area contributed by atoms with Crippen molar-refractivity contribution in [3.8, 4) is 0 Å². The Bertz CT molecular complexity index is 345. The molecule has 0 atom stereocenters. The predicted molar refractivity (Wildman–Crippen MR) is 49.7 cm³/mol. The van der Waals surface area contributed by atoms with Gasteiger partial charge in [0.2, 0.25) is 5.91 Å². The minimum Gasteiger partial charge on any atom is -0.357 e. The van der Waals surface area contributed by atoms with Crippen LogP contribution in [0.5, 0.6) is 0 Å². The van der Waals surface area contributed by atoms with Gasteiger partial charge in [0.15, 0.2) is 0 Å². The fourth-order valence-corrected chi connectivity index (χ4v) is 1.43. The molecular weight excluding hydrogens is 182 g/mol. The molecule has 74 valence electrons. The van der Waals surface area contributed by atoms with Crippen LogP contribution in [0, 0.1) is 0 Å². The minimum absolute atomic E-state index is 0.171. The molecule has 0 radical (unpaired) electrons. The molecule has 2 rings (SSSR count). The molecule has 0 unspecified atom stereocenters. The van der Waals surface area contributed by atoms with E-state index in [-0.39, 0.29) is 18.4 Å². The standard InChI is InChI=1S/C9H11N3O2/c13-8-6-10-4-5-12(8)9(14)7-2-1-3-11-7/h1-3,10-11H,4-6H2. The summed E-state index contributed by atoms with van der Waals surface area (Å²) in [6.45, 7) is 1.35. The summed E-state index contributed by atoms with van der Waals surface area (Å²) in [5, 5.41) is 2.91. The van der Waals surface area contributed by atoms with E-state index in [0.717, 1.165) is 0 Å². The van der Waals surface area contributed by atoms with E-state index in [0.29, 0.717) is 18.8 Å². The quantitative estimate of drug-likeness (QED) is 0.596. The molecule has 1 aliphatic heterocycles. The molecule has 2 N–H and O–H groups in total. The van der Waals surface area contributed by atoms with Crippen LogP contribution in [-0.4, -0.2) is 41.3 Å². The second-order valence-electron chi connectivity index (χ2n) is 3.11. The molecule has 0 aromatic carbocycles. The van der Waals surface area contributed by atoms with E-state index in [4.69, 9.17) is 0 Å². The Labute approximate surface area is 81.1 Å². The molecule has 1 aromatic heterocycles. The highest BCUT2D eigenvalue weighted by Crippen LogP contribution is 2.03. The number of imide groups is 1. The van der Waals surface area contributed by atoms with Gasteiger partial charge in [-0.05, 0) is 12.1 Å². The zero-order valence-electron chi connectivity index (χ0n) is 7.62. The maximum Gasteiger partial charge on any atom is 0.276 e. The van der Waals surface area contributed by atoms with Gasteiger partial charge in [-0.15, -0.1) is 0 Å². The SMILES string of the molecule is O=C1CNCCN1C(=O)c1ccc[nH]1. The number of carbonyl (C=O) groups excluding carboxylic acids is 2. The second-order valence-corrected chi connectivity index (χ2v) is 3.11. The van der Waals surface area contributed by atoms with Gasteiger partial charge < -0.3 is 10.3 Å². The van der Waals surface area contributed by atoms with Crippen LogP contribution in [0.25, 0.3) is 0 Å². The molecule has 0 spiro atoms. The van der Waals surface area contributed by atoms with Crippen molar-refractivity contribution in [3.05, 3.63) is 24.0 Å². The van der Waals surface area contributed by atoms with Crippen LogP contribution in [0.4, 0.5) is 0 Å². The Morgan fingerprint density at radius 2 is 2.36 bits per heavy atom. The third-order valence-electron chi connectivity index (χ3n) is 2.16. The van der Waals surface area contributed by atoms with E-state index in [9.17, 15) is 9.59 Å². The third-order valence-corrected chi connectivity index (χ3v) is 2.16. The Kier molecular flexibility index (Phi) is 2.32. The molecule has 1 saturated heterocycles. The molecule has 2 amide bonds. The monoisotopic (exact) mass is 193 g/mol. The van der Waals surface area contributed by atoms with Gasteiger partial charge in [0.05, 0.1) is 6.54 Å². The predicted octanol–water partition coefficient (Wildman–Crippen LogP) is -0.413. The lowest BCUT2D eigenvalue weighted by Crippen LogP contribution is -2.50. The molecule has 0 saturated carbocycles. The van der Waals surface area contributed by atoms with E-state index in [2.05, 4.69) is 10.3 Å². The van der Waals surface area contributed by atoms with E-state index in [1.807, 2.05) is 0 Å². The van der Waals surface area contributed by atoms with E-state index in [1.54, 1.807) is 18.3 Å². The lowest BCUT2D eigenvalue weighted by Gasteiger charge is -2.24. The number of rotatable bonds is 1. The summed E-state index contributed by atoms with van der Waals surface area (Å²) in [4.78, 5) is 27.1. The van der Waals surface area contributed by atoms with Crippen LogP contribution in [-0.2, 0) is 4.79 Å². The first kappa shape index (κ1) is 8.96. The van der Waals surface area contributed by atoms with Gasteiger partial charge in [-0.2, -0.15) is 0 Å². The van der Waals surface area contributed by atoms with Gasteiger partial charge >= 0.3 is 0 Å². The van der Waals surface area contributed by atoms with Gasteiger partial charge in [0, 0.05) is 19.3 Å². The van der Waals surface area contributed by atoms with Gasteiger partial charge in [0.25, 0.3) is 5.91 Å². The van der Waals surface area contributed by atoms with E-state index in [1.165, 1.54) is 4.90 Å². The molecule has 0 bridgehead atoms. The summed E-state index contributed by atoms with van der Waals surface area (Å²) in [7, 11) is 0. The van der Waals surface area contributed by atoms with E-state index >= 15 is 0 Å². The Hall–Kier alpha value is -1.62. The van der Waals surface area contributed by atoms with Crippen molar-refractivity contribution in [2.24, 2.45) is 0 Å². The molecule has 1 aromatic rings. The van der Waals surface area contributed by atoms with Crippen molar-refractivity contribution < 1.29 is 9.59 Å². The normalized spacial score (nSPS) is 17.1. The van der Waals surface area contributed by atoms with E-state index < -0.39 is 0 Å². The average molecular weight is 193 g/mol. The molecular formula is C9H11N3O2. The number of amides is 2. The summed E-state index contributed by atoms with van der Waals surface area (Å²) in [6.07, 6.45) is 1.67. The largest absolute Gasteiger partial charge is 0.357 e. The zero-order valence-corrected chi connectivity index (χ0v) is 7.62. The van der Waals surface area contributed by atoms with Crippen LogP contribution in [0.15, 0.2) is 18.3 Å². The smallest absolute Gasteiger partial charge is 0.276 e. The van der Waals surface area contributed by atoms with Crippen molar-refractivity contribution in [3.63, 3.8) is 0 Å². The number of nitrogens with one attached hydrogen (secondary N) is 2. The molecule has 1 fully saturated rings. The number of aromatic amines is 1. The summed E-state index contributed by atoms with van der Waals surface area (Å²) < 4.78 is 0. The first-order chi connectivity index (χ1) is 6.79. The summed E-state index contributed by atoms with van der Waals surface area (Å²) in [5.41, 5.74) is 0.459. The summed E-state index contributed by atoms with van der Waals surface area (Å²) in [6, 6.07) is 3.40. The van der Waals surface area contributed by atoms with Gasteiger partial charge in [-0.25, -0.2) is 0 Å². The van der Waals surface area contributed by atoms with Crippen molar-refractivity contribution in [1.82, 2.24) is 15.2 Å². The maximum atomic E-state index is 11.7. The highest BCUT2D eigenvalue weighted by molar-refractivity contribution is 6.04. The van der Waals surface area contributed by atoms with Crippen LogP contribution >= 0.6 is 0 Å². The third kappa shape index (κ3) is 1.54. The second kappa shape index (κ2) is 3.63. The summed E-state index contributed by atoms with van der Waals surface area (Å²) in [5.74, 6) is -0.419. The number of hydrogen-bond acceptors (Lipinski definition) is 3. The Morgan fingerprint density at radius 1 is 1.50 bits per heavy atom. The van der Waals surface area contributed by atoms with Gasteiger partial charge in [-0.1, -0.05) is 0 Å². The molecule has 5 heteroatoms. The number of hydrogen-bond donors (Lipinski definition) is 2. The molecule has 0 aliphatic carbocycles. The molecule has 14 heavy (non-hydrogen) atoms. The highest BCUT2D eigenvalue weighted by Gasteiger charge is 2.25. The average Bonchev–Trinajstić information content (AvgIpc) is 2.70. The van der Waals surface area contributed by atoms with Crippen molar-refractivity contribution >= 4 is 11.8 Å². The van der Waals surface area contributed by atoms with Crippen LogP contribution in [0.1, 0.15) is 10.5 Å². The number of nitrogens with zero attached hydrogens (tertiary/aromatic N) is 1. The zero-order chi connectivity index (χ0) is 9.97. The minimum atomic E-state index is -0.249. The van der Waals surface area contributed by atoms with Crippen molar-refractivity contribution in [1.29, 1.82) is 0 Å². The lowest BCUT2D eigenvalue weighted by molar-refractivity contribution is -0.129. The fraction of sp³-hybridized carbons (Fsp3) is 0.333. The number of H-pyrrole nitrogens is 1.